The number of carbonyl (C=O) groups is 1. The third-order valence-electron chi connectivity index (χ3n) is 2.80. The quantitative estimate of drug-likeness (QED) is 0.548. The van der Waals surface area contributed by atoms with Crippen LogP contribution in [0.15, 0.2) is 0 Å². The van der Waals surface area contributed by atoms with Gasteiger partial charge in [-0.15, -0.1) is 0 Å². The first-order valence-electron chi connectivity index (χ1n) is 4.29. The van der Waals surface area contributed by atoms with E-state index < -0.39 is 0 Å². The summed E-state index contributed by atoms with van der Waals surface area (Å²) in [4.78, 5) is 13.1. The van der Waals surface area contributed by atoms with Gasteiger partial charge in [0.15, 0.2) is 0 Å². The van der Waals surface area contributed by atoms with Crippen LogP contribution in [0.4, 0.5) is 0 Å². The van der Waals surface area contributed by atoms with Crippen molar-refractivity contribution in [2.24, 2.45) is 11.7 Å². The SMILES string of the molecule is N=CC1CC2CC2N1C(=O)CN. The predicted molar refractivity (Wildman–Crippen MR) is 45.0 cm³/mol. The van der Waals surface area contributed by atoms with Crippen LogP contribution < -0.4 is 5.73 Å². The van der Waals surface area contributed by atoms with E-state index in [1.165, 1.54) is 6.21 Å². The van der Waals surface area contributed by atoms with E-state index in [9.17, 15) is 4.79 Å². The predicted octanol–water partition coefficient (Wildman–Crippen LogP) is -0.416. The van der Waals surface area contributed by atoms with Crippen LogP contribution in [0.2, 0.25) is 0 Å². The van der Waals surface area contributed by atoms with Crippen molar-refractivity contribution in [2.75, 3.05) is 6.54 Å². The maximum atomic E-state index is 11.3. The van der Waals surface area contributed by atoms with E-state index in [0.717, 1.165) is 12.8 Å². The zero-order chi connectivity index (χ0) is 8.72. The van der Waals surface area contributed by atoms with Gasteiger partial charge in [0.2, 0.25) is 5.91 Å². The highest BCUT2D eigenvalue weighted by atomic mass is 16.2. The van der Waals surface area contributed by atoms with Crippen LogP contribution in [0.5, 0.6) is 0 Å². The highest BCUT2D eigenvalue weighted by molar-refractivity contribution is 5.83. The monoisotopic (exact) mass is 167 g/mol. The Morgan fingerprint density at radius 2 is 2.42 bits per heavy atom. The summed E-state index contributed by atoms with van der Waals surface area (Å²) in [6.07, 6.45) is 3.45. The van der Waals surface area contributed by atoms with E-state index in [1.807, 2.05) is 0 Å². The molecule has 1 saturated carbocycles. The standard InChI is InChI=1S/C8H13N3O/c9-3-6-1-5-2-7(5)11(6)8(12)4-10/h3,5-7,9H,1-2,4,10H2. The fourth-order valence-electron chi connectivity index (χ4n) is 2.12. The number of likely N-dealkylation sites (tertiary alicyclic amines) is 1. The number of nitrogens with two attached hydrogens (primary N) is 1. The minimum Gasteiger partial charge on any atom is -0.330 e. The second kappa shape index (κ2) is 2.55. The van der Waals surface area contributed by atoms with Crippen LogP contribution in [-0.2, 0) is 4.79 Å². The molecular formula is C8H13N3O. The zero-order valence-electron chi connectivity index (χ0n) is 6.86. The van der Waals surface area contributed by atoms with E-state index in [2.05, 4.69) is 0 Å². The maximum Gasteiger partial charge on any atom is 0.237 e. The molecule has 3 unspecified atom stereocenters. The summed E-state index contributed by atoms with van der Waals surface area (Å²) in [5.41, 5.74) is 5.28. The number of piperidine rings is 1. The number of nitrogens with one attached hydrogen (secondary N) is 1. The molecule has 1 heterocycles. The Kier molecular flexibility index (Phi) is 1.65. The van der Waals surface area contributed by atoms with Gasteiger partial charge in [-0.3, -0.25) is 4.79 Å². The molecule has 1 aliphatic heterocycles. The van der Waals surface area contributed by atoms with E-state index in [0.29, 0.717) is 12.0 Å². The number of rotatable bonds is 2. The normalized spacial score (nSPS) is 37.8. The fourth-order valence-corrected chi connectivity index (χ4v) is 2.12. The lowest BCUT2D eigenvalue weighted by Crippen LogP contribution is -2.42. The lowest BCUT2D eigenvalue weighted by Gasteiger charge is -2.23. The number of amides is 1. The van der Waals surface area contributed by atoms with Crippen LogP contribution in [-0.4, -0.2) is 35.7 Å². The minimum absolute atomic E-state index is 0.00602. The molecule has 66 valence electrons. The summed E-state index contributed by atoms with van der Waals surface area (Å²) in [5, 5.41) is 7.15. The third-order valence-corrected chi connectivity index (χ3v) is 2.80. The van der Waals surface area contributed by atoms with Crippen LogP contribution in [0.3, 0.4) is 0 Å². The smallest absolute Gasteiger partial charge is 0.237 e. The number of carbonyl (C=O) groups excluding carboxylic acids is 1. The Bertz CT molecular complexity index is 228. The molecule has 0 aromatic carbocycles. The molecule has 2 fully saturated rings. The van der Waals surface area contributed by atoms with Gasteiger partial charge in [0.05, 0.1) is 12.6 Å². The number of hydrogen-bond donors (Lipinski definition) is 2. The third kappa shape index (κ3) is 0.948. The molecule has 3 N–H and O–H groups in total. The molecule has 4 nitrogen and oxygen atoms in total. The molecule has 1 saturated heterocycles. The average molecular weight is 167 g/mol. The summed E-state index contributed by atoms with van der Waals surface area (Å²) < 4.78 is 0. The van der Waals surface area contributed by atoms with Crippen molar-refractivity contribution in [3.8, 4) is 0 Å². The van der Waals surface area contributed by atoms with Crippen molar-refractivity contribution in [3.63, 3.8) is 0 Å². The van der Waals surface area contributed by atoms with Gasteiger partial charge in [-0.05, 0) is 18.8 Å². The molecule has 2 aliphatic rings. The Balaban J connectivity index is 2.10. The van der Waals surface area contributed by atoms with Gasteiger partial charge >= 0.3 is 0 Å². The second-order valence-electron chi connectivity index (χ2n) is 3.54. The van der Waals surface area contributed by atoms with E-state index in [-0.39, 0.29) is 18.5 Å². The molecule has 0 aromatic rings. The first-order valence-corrected chi connectivity index (χ1v) is 4.29. The largest absolute Gasteiger partial charge is 0.330 e. The average Bonchev–Trinajstić information content (AvgIpc) is 2.76. The molecule has 0 bridgehead atoms. The van der Waals surface area contributed by atoms with E-state index in [4.69, 9.17) is 11.1 Å². The second-order valence-corrected chi connectivity index (χ2v) is 3.54. The van der Waals surface area contributed by atoms with Crippen molar-refractivity contribution in [1.29, 1.82) is 5.41 Å². The first kappa shape index (κ1) is 7.73. The van der Waals surface area contributed by atoms with Gasteiger partial charge in [-0.1, -0.05) is 0 Å². The summed E-state index contributed by atoms with van der Waals surface area (Å²) in [7, 11) is 0. The molecule has 1 aliphatic carbocycles. The van der Waals surface area contributed by atoms with Gasteiger partial charge in [0, 0.05) is 12.3 Å². The molecule has 12 heavy (non-hydrogen) atoms. The lowest BCUT2D eigenvalue weighted by molar-refractivity contribution is -0.130. The maximum absolute atomic E-state index is 11.3. The Morgan fingerprint density at radius 3 is 3.00 bits per heavy atom. The number of fused-ring (bicyclic) bond motifs is 1. The van der Waals surface area contributed by atoms with Crippen LogP contribution in [0, 0.1) is 11.3 Å². The Morgan fingerprint density at radius 1 is 1.67 bits per heavy atom. The van der Waals surface area contributed by atoms with E-state index in [1.54, 1.807) is 4.90 Å². The van der Waals surface area contributed by atoms with Crippen molar-refractivity contribution in [3.05, 3.63) is 0 Å². The summed E-state index contributed by atoms with van der Waals surface area (Å²) >= 11 is 0. The highest BCUT2D eigenvalue weighted by Gasteiger charge is 2.52. The molecule has 0 aromatic heterocycles. The topological polar surface area (TPSA) is 70.2 Å². The first-order chi connectivity index (χ1) is 5.77. The number of nitrogens with zero attached hydrogens (tertiary/aromatic N) is 1. The van der Waals surface area contributed by atoms with Gasteiger partial charge in [0.1, 0.15) is 0 Å². The van der Waals surface area contributed by atoms with Crippen molar-refractivity contribution in [1.82, 2.24) is 4.90 Å². The molecule has 3 atom stereocenters. The number of hydrogen-bond acceptors (Lipinski definition) is 3. The van der Waals surface area contributed by atoms with Gasteiger partial charge < -0.3 is 16.0 Å². The van der Waals surface area contributed by atoms with Gasteiger partial charge in [-0.2, -0.15) is 0 Å². The molecule has 1 amide bonds. The van der Waals surface area contributed by atoms with Crippen molar-refractivity contribution < 1.29 is 4.79 Å². The minimum atomic E-state index is -0.00602. The molecule has 4 heteroatoms. The van der Waals surface area contributed by atoms with Gasteiger partial charge in [0.25, 0.3) is 0 Å². The zero-order valence-corrected chi connectivity index (χ0v) is 6.86. The Hall–Kier alpha value is -0.900. The molecular weight excluding hydrogens is 154 g/mol. The highest BCUT2D eigenvalue weighted by Crippen LogP contribution is 2.47. The van der Waals surface area contributed by atoms with Crippen molar-refractivity contribution >= 4 is 12.1 Å². The van der Waals surface area contributed by atoms with Crippen LogP contribution in [0.1, 0.15) is 12.8 Å². The van der Waals surface area contributed by atoms with E-state index >= 15 is 0 Å². The lowest BCUT2D eigenvalue weighted by atomic mass is 10.2. The van der Waals surface area contributed by atoms with Crippen molar-refractivity contribution in [2.45, 2.75) is 24.9 Å². The molecule has 0 spiro atoms. The van der Waals surface area contributed by atoms with Crippen LogP contribution >= 0.6 is 0 Å². The summed E-state index contributed by atoms with van der Waals surface area (Å²) in [6, 6.07) is 0.442. The van der Waals surface area contributed by atoms with Gasteiger partial charge in [-0.25, -0.2) is 0 Å². The summed E-state index contributed by atoms with van der Waals surface area (Å²) in [6.45, 7) is 0.0769. The molecule has 2 rings (SSSR count). The van der Waals surface area contributed by atoms with Crippen LogP contribution in [0.25, 0.3) is 0 Å². The Labute approximate surface area is 71.2 Å². The fraction of sp³-hybridized carbons (Fsp3) is 0.750. The molecule has 0 radical (unpaired) electrons. The summed E-state index contributed by atoms with van der Waals surface area (Å²) in [5.74, 6) is 0.653.